The maximum absolute atomic E-state index is 12.2. The molecule has 1 aliphatic rings. The summed E-state index contributed by atoms with van der Waals surface area (Å²) in [5.74, 6) is -0.138. The average molecular weight is 485 g/mol. The summed E-state index contributed by atoms with van der Waals surface area (Å²) in [5.41, 5.74) is 0.540. The highest BCUT2D eigenvalue weighted by molar-refractivity contribution is 7.71. The molecule has 0 saturated carbocycles. The van der Waals surface area contributed by atoms with Crippen LogP contribution in [0, 0.1) is 14.8 Å². The summed E-state index contributed by atoms with van der Waals surface area (Å²) in [6, 6.07) is 4.45. The fraction of sp³-hybridized carbons (Fsp3) is 0.312. The summed E-state index contributed by atoms with van der Waals surface area (Å²) >= 11 is 5.09. The van der Waals surface area contributed by atoms with E-state index in [0.29, 0.717) is 11.2 Å². The number of ether oxygens (including phenoxy) is 1. The fourth-order valence-corrected chi connectivity index (χ4v) is 4.10. The average Bonchev–Trinajstić information content (AvgIpc) is 3.29. The Balaban J connectivity index is 1.43. The maximum atomic E-state index is 12.2. The van der Waals surface area contributed by atoms with Crippen molar-refractivity contribution in [2.24, 2.45) is 0 Å². The number of imidazole rings is 1. The van der Waals surface area contributed by atoms with Crippen LogP contribution in [-0.2, 0) is 13.8 Å². The Bertz CT molecular complexity index is 1250. The molecule has 1 aliphatic heterocycles. The molecule has 1 unspecified atom stereocenters. The van der Waals surface area contributed by atoms with Gasteiger partial charge in [-0.15, -0.1) is 0 Å². The second-order valence-corrected chi connectivity index (χ2v) is 8.47. The van der Waals surface area contributed by atoms with E-state index in [9.17, 15) is 29.8 Å². The molecule has 2 aromatic heterocycles. The van der Waals surface area contributed by atoms with Gasteiger partial charge in [0, 0.05) is 12.1 Å². The van der Waals surface area contributed by atoms with E-state index in [1.165, 1.54) is 17.2 Å². The summed E-state index contributed by atoms with van der Waals surface area (Å²) < 4.78 is 29.2. The number of aromatic nitrogens is 4. The quantitative estimate of drug-likeness (QED) is 0.162. The summed E-state index contributed by atoms with van der Waals surface area (Å²) in [5, 5.41) is 31.4. The number of phosphoric ester groups is 1. The lowest BCUT2D eigenvalue weighted by atomic mass is 10.1. The molecule has 0 aliphatic carbocycles. The van der Waals surface area contributed by atoms with Crippen molar-refractivity contribution in [3.8, 4) is 5.75 Å². The van der Waals surface area contributed by atoms with E-state index in [-0.39, 0.29) is 16.1 Å². The van der Waals surface area contributed by atoms with Gasteiger partial charge in [0.2, 0.25) is 0 Å². The Morgan fingerprint density at radius 1 is 1.28 bits per heavy atom. The maximum Gasteiger partial charge on any atom is 0.527 e. The Kier molecular flexibility index (Phi) is 6.05. The van der Waals surface area contributed by atoms with Gasteiger partial charge in [-0.2, -0.15) is 0 Å². The molecule has 4 rings (SSSR count). The predicted octanol–water partition coefficient (Wildman–Crippen LogP) is 1.21. The minimum Gasteiger partial charge on any atom is -0.404 e. The number of non-ortho nitro benzene ring substituents is 1. The molecule has 3 heterocycles. The normalized spacial score (nSPS) is 25.0. The van der Waals surface area contributed by atoms with Crippen LogP contribution >= 0.6 is 20.0 Å². The molecular weight excluding hydrogens is 469 g/mol. The molecule has 170 valence electrons. The van der Waals surface area contributed by atoms with Crippen LogP contribution < -0.4 is 4.52 Å². The van der Waals surface area contributed by atoms with E-state index < -0.39 is 43.9 Å². The number of nitrogens with zero attached hydrogens (tertiary/aromatic N) is 4. The molecule has 14 nitrogen and oxygen atoms in total. The van der Waals surface area contributed by atoms with Crippen molar-refractivity contribution in [1.29, 1.82) is 0 Å². The molecule has 0 amide bonds. The number of aliphatic hydroxyl groups is 2. The van der Waals surface area contributed by atoms with E-state index in [2.05, 4.69) is 15.0 Å². The number of benzene rings is 1. The molecular formula is C16H16N5O9PS. The van der Waals surface area contributed by atoms with Crippen LogP contribution in [0.3, 0.4) is 0 Å². The highest BCUT2D eigenvalue weighted by Crippen LogP contribution is 2.45. The lowest BCUT2D eigenvalue weighted by Gasteiger charge is -2.18. The first-order chi connectivity index (χ1) is 15.2. The molecule has 1 saturated heterocycles. The number of fused-ring (bicyclic) bond motifs is 1. The van der Waals surface area contributed by atoms with E-state index in [1.807, 2.05) is 0 Å². The van der Waals surface area contributed by atoms with Crippen molar-refractivity contribution in [3.63, 3.8) is 0 Å². The number of aliphatic hydroxyl groups excluding tert-OH is 2. The molecule has 3 aromatic rings. The standard InChI is InChI=1S/C16H16N5O9PS/c22-12-10(5-28-31(26,27)30-9-3-1-8(2-4-9)21(24)25)29-16(13(12)23)20-7-19-11-14(20)17-6-18-15(11)32/h1-4,6-7,10,12-13,16,22-23H,5H2,(H,26,27)(H,17,18,32)/t10-,12-,13-,16-/m1/s1. The highest BCUT2D eigenvalue weighted by Gasteiger charge is 2.45. The first-order valence-electron chi connectivity index (χ1n) is 8.99. The summed E-state index contributed by atoms with van der Waals surface area (Å²) in [6.07, 6.45) is -2.45. The van der Waals surface area contributed by atoms with E-state index in [4.69, 9.17) is 26.0 Å². The van der Waals surface area contributed by atoms with Gasteiger partial charge in [0.25, 0.3) is 5.69 Å². The van der Waals surface area contributed by atoms with Crippen molar-refractivity contribution < 1.29 is 38.4 Å². The lowest BCUT2D eigenvalue weighted by Crippen LogP contribution is -2.33. The van der Waals surface area contributed by atoms with Gasteiger partial charge in [0.05, 0.1) is 24.2 Å². The minimum atomic E-state index is -4.67. The second-order valence-electron chi connectivity index (χ2n) is 6.71. The largest absolute Gasteiger partial charge is 0.527 e. The molecule has 0 bridgehead atoms. The van der Waals surface area contributed by atoms with Crippen LogP contribution in [0.5, 0.6) is 5.75 Å². The molecule has 4 N–H and O–H groups in total. The third-order valence-electron chi connectivity index (χ3n) is 4.66. The van der Waals surface area contributed by atoms with Gasteiger partial charge in [-0.1, -0.05) is 12.2 Å². The molecule has 5 atom stereocenters. The van der Waals surface area contributed by atoms with Gasteiger partial charge in [0.1, 0.15) is 35.2 Å². The number of H-pyrrole nitrogens is 1. The third kappa shape index (κ3) is 4.40. The lowest BCUT2D eigenvalue weighted by molar-refractivity contribution is -0.384. The zero-order chi connectivity index (χ0) is 23.0. The SMILES string of the molecule is O=[N+]([O-])c1ccc(OP(=O)(O)OC[C@H]2O[C@@H](n3cnc4c(=S)nc[nH]c43)[C@H](O)[C@@H]2O)cc1. The van der Waals surface area contributed by atoms with Crippen molar-refractivity contribution in [3.05, 3.63) is 51.7 Å². The van der Waals surface area contributed by atoms with Gasteiger partial charge in [-0.25, -0.2) is 14.5 Å². The molecule has 1 aromatic carbocycles. The number of nitro benzene ring substituents is 1. The molecule has 32 heavy (non-hydrogen) atoms. The van der Waals surface area contributed by atoms with Crippen molar-refractivity contribution in [2.45, 2.75) is 24.5 Å². The second kappa shape index (κ2) is 8.63. The number of aromatic amines is 1. The van der Waals surface area contributed by atoms with Crippen LogP contribution in [0.25, 0.3) is 11.2 Å². The van der Waals surface area contributed by atoms with Crippen LogP contribution in [0.1, 0.15) is 6.23 Å². The Morgan fingerprint density at radius 3 is 2.69 bits per heavy atom. The number of hydrogen-bond donors (Lipinski definition) is 4. The predicted molar refractivity (Wildman–Crippen MR) is 108 cm³/mol. The van der Waals surface area contributed by atoms with Crippen molar-refractivity contribution >= 4 is 36.9 Å². The Labute approximate surface area is 183 Å². The zero-order valence-electron chi connectivity index (χ0n) is 15.9. The van der Waals surface area contributed by atoms with Crippen molar-refractivity contribution in [1.82, 2.24) is 19.5 Å². The number of hydrogen-bond acceptors (Lipinski definition) is 11. The first kappa shape index (κ1) is 22.4. The minimum absolute atomic E-state index is 0.138. The summed E-state index contributed by atoms with van der Waals surface area (Å²) in [7, 11) is -4.67. The monoisotopic (exact) mass is 485 g/mol. The molecule has 1 fully saturated rings. The first-order valence-corrected chi connectivity index (χ1v) is 10.9. The number of nitrogens with one attached hydrogen (secondary N) is 1. The highest BCUT2D eigenvalue weighted by atomic mass is 32.1. The van der Waals surface area contributed by atoms with Crippen molar-refractivity contribution in [2.75, 3.05) is 6.61 Å². The number of nitro groups is 1. The van der Waals surface area contributed by atoms with E-state index in [0.717, 1.165) is 24.3 Å². The van der Waals surface area contributed by atoms with E-state index >= 15 is 0 Å². The summed E-state index contributed by atoms with van der Waals surface area (Å²) in [6.45, 7) is -0.598. The number of phosphoric acid groups is 1. The van der Waals surface area contributed by atoms with Crippen LogP contribution in [0.4, 0.5) is 5.69 Å². The molecule has 16 heteroatoms. The van der Waals surface area contributed by atoms with Gasteiger partial charge < -0.3 is 24.5 Å². The smallest absolute Gasteiger partial charge is 0.404 e. The van der Waals surface area contributed by atoms with Gasteiger partial charge in [0.15, 0.2) is 10.9 Å². The topological polar surface area (TPSA) is 195 Å². The van der Waals surface area contributed by atoms with Gasteiger partial charge in [-0.05, 0) is 12.1 Å². The van der Waals surface area contributed by atoms with Crippen LogP contribution in [-0.4, -0.2) is 64.5 Å². The van der Waals surface area contributed by atoms with E-state index in [1.54, 1.807) is 0 Å². The van der Waals surface area contributed by atoms with Gasteiger partial charge >= 0.3 is 7.82 Å². The van der Waals surface area contributed by atoms with Crippen LogP contribution in [0.2, 0.25) is 0 Å². The Hall–Kier alpha value is -2.78. The zero-order valence-corrected chi connectivity index (χ0v) is 17.6. The van der Waals surface area contributed by atoms with Gasteiger partial charge in [-0.3, -0.25) is 24.1 Å². The molecule has 0 spiro atoms. The summed E-state index contributed by atoms with van der Waals surface area (Å²) in [4.78, 5) is 30.8. The Morgan fingerprint density at radius 2 is 2.00 bits per heavy atom. The molecule has 0 radical (unpaired) electrons. The number of rotatable bonds is 7. The third-order valence-corrected chi connectivity index (χ3v) is 5.88. The van der Waals surface area contributed by atoms with Crippen LogP contribution in [0.15, 0.2) is 36.9 Å². The fourth-order valence-electron chi connectivity index (χ4n) is 3.12.